The summed E-state index contributed by atoms with van der Waals surface area (Å²) < 4.78 is 5.05. The van der Waals surface area contributed by atoms with Gasteiger partial charge in [0.1, 0.15) is 5.75 Å². The highest BCUT2D eigenvalue weighted by Gasteiger charge is 2.16. The molecule has 0 saturated carbocycles. The van der Waals surface area contributed by atoms with E-state index < -0.39 is 5.97 Å². The molecule has 3 nitrogen and oxygen atoms in total. The maximum absolute atomic E-state index is 10.9. The van der Waals surface area contributed by atoms with Crippen molar-refractivity contribution in [2.24, 2.45) is 0 Å². The van der Waals surface area contributed by atoms with Gasteiger partial charge < -0.3 is 9.84 Å². The monoisotopic (exact) mass is 214 g/mol. The van der Waals surface area contributed by atoms with E-state index in [1.165, 1.54) is 7.11 Å². The van der Waals surface area contributed by atoms with Crippen molar-refractivity contribution < 1.29 is 14.6 Å². The molecule has 0 aliphatic rings. The Kier molecular flexibility index (Phi) is 3.01. The van der Waals surface area contributed by atoms with Crippen molar-refractivity contribution in [1.82, 2.24) is 0 Å². The van der Waals surface area contributed by atoms with E-state index in [0.29, 0.717) is 21.9 Å². The van der Waals surface area contributed by atoms with Gasteiger partial charge in [-0.15, -0.1) is 0 Å². The highest BCUT2D eigenvalue weighted by molar-refractivity contribution is 6.33. The topological polar surface area (TPSA) is 46.5 Å². The molecule has 1 aromatic rings. The van der Waals surface area contributed by atoms with Gasteiger partial charge in [0.25, 0.3) is 0 Å². The van der Waals surface area contributed by atoms with Crippen LogP contribution in [-0.2, 0) is 0 Å². The van der Waals surface area contributed by atoms with Gasteiger partial charge in [-0.05, 0) is 25.5 Å². The van der Waals surface area contributed by atoms with Gasteiger partial charge in [-0.25, -0.2) is 4.79 Å². The molecule has 1 rings (SSSR count). The van der Waals surface area contributed by atoms with Crippen LogP contribution in [0.4, 0.5) is 0 Å². The molecule has 0 radical (unpaired) electrons. The molecule has 0 aliphatic carbocycles. The Labute approximate surface area is 87.3 Å². The zero-order chi connectivity index (χ0) is 10.9. The molecule has 0 heterocycles. The van der Waals surface area contributed by atoms with Crippen LogP contribution >= 0.6 is 11.6 Å². The molecule has 1 N–H and O–H groups in total. The third kappa shape index (κ3) is 1.68. The SMILES string of the molecule is COc1c(C)c(C(=O)O)cc(C)c1Cl. The zero-order valence-electron chi connectivity index (χ0n) is 8.22. The highest BCUT2D eigenvalue weighted by Crippen LogP contribution is 2.33. The number of hydrogen-bond donors (Lipinski definition) is 1. The molecule has 0 bridgehead atoms. The van der Waals surface area contributed by atoms with Crippen LogP contribution in [-0.4, -0.2) is 18.2 Å². The average molecular weight is 215 g/mol. The minimum absolute atomic E-state index is 0.226. The van der Waals surface area contributed by atoms with Crippen LogP contribution in [0.2, 0.25) is 5.02 Å². The summed E-state index contributed by atoms with van der Waals surface area (Å²) in [6, 6.07) is 1.54. The van der Waals surface area contributed by atoms with E-state index in [0.717, 1.165) is 0 Å². The number of rotatable bonds is 2. The highest BCUT2D eigenvalue weighted by atomic mass is 35.5. The number of carboxylic acids is 1. The fraction of sp³-hybridized carbons (Fsp3) is 0.300. The van der Waals surface area contributed by atoms with Crippen molar-refractivity contribution in [3.8, 4) is 5.75 Å². The molecular weight excluding hydrogens is 204 g/mol. The molecule has 0 aliphatic heterocycles. The molecule has 0 unspecified atom stereocenters. The number of aromatic carboxylic acids is 1. The zero-order valence-corrected chi connectivity index (χ0v) is 8.97. The third-order valence-corrected chi connectivity index (χ3v) is 2.56. The second kappa shape index (κ2) is 3.88. The van der Waals surface area contributed by atoms with Gasteiger partial charge in [0, 0.05) is 5.56 Å². The first-order valence-corrected chi connectivity index (χ1v) is 4.43. The first-order chi connectivity index (χ1) is 6.49. The Morgan fingerprint density at radius 1 is 1.50 bits per heavy atom. The van der Waals surface area contributed by atoms with Gasteiger partial charge in [0.05, 0.1) is 17.7 Å². The summed E-state index contributed by atoms with van der Waals surface area (Å²) in [7, 11) is 1.47. The van der Waals surface area contributed by atoms with Crippen molar-refractivity contribution in [1.29, 1.82) is 0 Å². The second-order valence-electron chi connectivity index (χ2n) is 3.02. The summed E-state index contributed by atoms with van der Waals surface area (Å²) in [5, 5.41) is 9.37. The summed E-state index contributed by atoms with van der Waals surface area (Å²) in [5.41, 5.74) is 1.48. The lowest BCUT2D eigenvalue weighted by Gasteiger charge is -2.11. The molecule has 0 fully saturated rings. The van der Waals surface area contributed by atoms with Crippen molar-refractivity contribution in [2.45, 2.75) is 13.8 Å². The Hall–Kier alpha value is -1.22. The lowest BCUT2D eigenvalue weighted by Crippen LogP contribution is -2.03. The van der Waals surface area contributed by atoms with Crippen molar-refractivity contribution in [3.05, 3.63) is 27.8 Å². The average Bonchev–Trinajstić information content (AvgIpc) is 2.12. The predicted octanol–water partition coefficient (Wildman–Crippen LogP) is 2.66. The summed E-state index contributed by atoms with van der Waals surface area (Å²) >= 11 is 5.96. The van der Waals surface area contributed by atoms with Crippen LogP contribution in [0, 0.1) is 13.8 Å². The number of methoxy groups -OCH3 is 1. The molecular formula is C10H11ClO3. The maximum Gasteiger partial charge on any atom is 0.336 e. The first kappa shape index (κ1) is 10.9. The number of hydrogen-bond acceptors (Lipinski definition) is 2. The standard InChI is InChI=1S/C10H11ClO3/c1-5-4-7(10(12)13)6(2)9(14-3)8(5)11/h4H,1-3H3,(H,12,13). The van der Waals surface area contributed by atoms with Crippen LogP contribution in [0.1, 0.15) is 21.5 Å². The number of carboxylic acid groups (broad SMARTS) is 1. The Bertz CT molecular complexity index is 385. The minimum atomic E-state index is -0.972. The van der Waals surface area contributed by atoms with Crippen LogP contribution in [0.25, 0.3) is 0 Å². The lowest BCUT2D eigenvalue weighted by molar-refractivity contribution is 0.0695. The minimum Gasteiger partial charge on any atom is -0.495 e. The van der Waals surface area contributed by atoms with Crippen molar-refractivity contribution >= 4 is 17.6 Å². The number of carbonyl (C=O) groups is 1. The van der Waals surface area contributed by atoms with Gasteiger partial charge in [0.2, 0.25) is 0 Å². The van der Waals surface area contributed by atoms with Crippen molar-refractivity contribution in [2.75, 3.05) is 7.11 Å². The maximum atomic E-state index is 10.9. The second-order valence-corrected chi connectivity index (χ2v) is 3.40. The molecule has 1 aromatic carbocycles. The van der Waals surface area contributed by atoms with E-state index in [1.807, 2.05) is 0 Å². The smallest absolute Gasteiger partial charge is 0.336 e. The van der Waals surface area contributed by atoms with Crippen LogP contribution in [0.3, 0.4) is 0 Å². The third-order valence-electron chi connectivity index (χ3n) is 2.09. The van der Waals surface area contributed by atoms with E-state index in [2.05, 4.69) is 0 Å². The molecule has 4 heteroatoms. The first-order valence-electron chi connectivity index (χ1n) is 4.06. The Balaban J connectivity index is 3.50. The molecule has 0 amide bonds. The van der Waals surface area contributed by atoms with Crippen molar-refractivity contribution in [3.63, 3.8) is 0 Å². The number of benzene rings is 1. The number of ether oxygens (including phenoxy) is 1. The summed E-state index contributed by atoms with van der Waals surface area (Å²) in [5.74, 6) is -0.537. The van der Waals surface area contributed by atoms with Gasteiger partial charge in [-0.1, -0.05) is 11.6 Å². The molecule has 76 valence electrons. The quantitative estimate of drug-likeness (QED) is 0.823. The molecule has 14 heavy (non-hydrogen) atoms. The predicted molar refractivity (Wildman–Crippen MR) is 54.4 cm³/mol. The lowest BCUT2D eigenvalue weighted by atomic mass is 10.0. The normalized spacial score (nSPS) is 10.0. The molecule has 0 aromatic heterocycles. The van der Waals surface area contributed by atoms with Crippen LogP contribution < -0.4 is 4.74 Å². The van der Waals surface area contributed by atoms with Crippen LogP contribution in [0.15, 0.2) is 6.07 Å². The van der Waals surface area contributed by atoms with E-state index in [1.54, 1.807) is 19.9 Å². The summed E-state index contributed by atoms with van der Waals surface area (Å²) in [6.45, 7) is 3.42. The largest absolute Gasteiger partial charge is 0.495 e. The van der Waals surface area contributed by atoms with E-state index in [-0.39, 0.29) is 5.56 Å². The summed E-state index contributed by atoms with van der Waals surface area (Å²) in [4.78, 5) is 10.9. The van der Waals surface area contributed by atoms with Crippen LogP contribution in [0.5, 0.6) is 5.75 Å². The van der Waals surface area contributed by atoms with Gasteiger partial charge in [-0.2, -0.15) is 0 Å². The van der Waals surface area contributed by atoms with Gasteiger partial charge >= 0.3 is 5.97 Å². The van der Waals surface area contributed by atoms with E-state index in [9.17, 15) is 4.79 Å². The molecule has 0 spiro atoms. The van der Waals surface area contributed by atoms with Gasteiger partial charge in [0.15, 0.2) is 0 Å². The van der Waals surface area contributed by atoms with E-state index >= 15 is 0 Å². The number of halogens is 1. The number of aryl methyl sites for hydroxylation is 1. The summed E-state index contributed by atoms with van der Waals surface area (Å²) in [6.07, 6.45) is 0. The Morgan fingerprint density at radius 3 is 2.50 bits per heavy atom. The molecule has 0 saturated heterocycles. The van der Waals surface area contributed by atoms with Gasteiger partial charge in [-0.3, -0.25) is 0 Å². The van der Waals surface area contributed by atoms with E-state index in [4.69, 9.17) is 21.4 Å². The fourth-order valence-corrected chi connectivity index (χ4v) is 1.59. The Morgan fingerprint density at radius 2 is 2.07 bits per heavy atom. The molecule has 0 atom stereocenters. The fourth-order valence-electron chi connectivity index (χ4n) is 1.32.